The van der Waals surface area contributed by atoms with Gasteiger partial charge in [0.15, 0.2) is 5.78 Å². The van der Waals surface area contributed by atoms with Gasteiger partial charge in [0, 0.05) is 0 Å². The maximum atomic E-state index is 10.2. The van der Waals surface area contributed by atoms with Crippen molar-refractivity contribution in [1.29, 1.82) is 0 Å². The topological polar surface area (TPSA) is 17.1 Å². The van der Waals surface area contributed by atoms with Gasteiger partial charge < -0.3 is 0 Å². The van der Waals surface area contributed by atoms with Crippen molar-refractivity contribution in [1.82, 2.24) is 0 Å². The second-order valence-corrected chi connectivity index (χ2v) is 1.83. The van der Waals surface area contributed by atoms with E-state index in [1.165, 1.54) is 0 Å². The fourth-order valence-corrected chi connectivity index (χ4v) is 0.407. The number of ketones is 1. The summed E-state index contributed by atoms with van der Waals surface area (Å²) >= 11 is 0. The van der Waals surface area contributed by atoms with Crippen molar-refractivity contribution in [3.8, 4) is 0 Å². The summed E-state index contributed by atoms with van der Waals surface area (Å²) in [4.78, 5) is 10.2. The van der Waals surface area contributed by atoms with E-state index in [4.69, 9.17) is 0 Å². The molecule has 2 heteroatoms. The van der Waals surface area contributed by atoms with Crippen LogP contribution in [0.25, 0.3) is 0 Å². The van der Waals surface area contributed by atoms with Crippen LogP contribution in [0.15, 0.2) is 11.6 Å². The Kier molecular flexibility index (Phi) is 7.01. The summed E-state index contributed by atoms with van der Waals surface area (Å²) < 4.78 is 0. The van der Waals surface area contributed by atoms with Crippen LogP contribution >= 0.6 is 0 Å². The molecule has 0 saturated heterocycles. The maximum absolute atomic E-state index is 10.2. The molecule has 0 atom stereocenters. The van der Waals surface area contributed by atoms with Crippen LogP contribution in [0.5, 0.6) is 0 Å². The summed E-state index contributed by atoms with van der Waals surface area (Å²) in [6.45, 7) is 5.36. The van der Waals surface area contributed by atoms with Crippen molar-refractivity contribution in [2.24, 2.45) is 0 Å². The van der Waals surface area contributed by atoms with E-state index in [9.17, 15) is 4.79 Å². The van der Waals surface area contributed by atoms with E-state index in [2.05, 4.69) is 0 Å². The van der Waals surface area contributed by atoms with Crippen LogP contribution in [0.3, 0.4) is 0 Å². The molecular formula is C6H11LiO. The predicted octanol–water partition coefficient (Wildman–Crippen LogP) is 0.893. The first-order valence-electron chi connectivity index (χ1n) is 2.28. The van der Waals surface area contributed by atoms with Crippen LogP contribution in [0.1, 0.15) is 20.8 Å². The summed E-state index contributed by atoms with van der Waals surface area (Å²) in [5.74, 6) is 0.125. The van der Waals surface area contributed by atoms with Gasteiger partial charge in [-0.15, -0.1) is 0 Å². The van der Waals surface area contributed by atoms with Crippen LogP contribution in [-0.2, 0) is 4.79 Å². The van der Waals surface area contributed by atoms with Gasteiger partial charge in [-0.05, 0) is 26.8 Å². The molecule has 0 aromatic rings. The zero-order valence-corrected chi connectivity index (χ0v) is 4.99. The Morgan fingerprint density at radius 2 is 1.62 bits per heavy atom. The number of rotatable bonds is 1. The molecule has 8 heavy (non-hydrogen) atoms. The SMILES string of the molecule is CC(=O)C=C(C)C.[LiH]. The molecule has 0 aliphatic carbocycles. The molecule has 0 radical (unpaired) electrons. The summed E-state index contributed by atoms with van der Waals surface area (Å²) in [5.41, 5.74) is 1.06. The van der Waals surface area contributed by atoms with E-state index in [0.29, 0.717) is 0 Å². The van der Waals surface area contributed by atoms with Crippen molar-refractivity contribution in [2.45, 2.75) is 20.8 Å². The summed E-state index contributed by atoms with van der Waals surface area (Å²) in [7, 11) is 0. The first-order chi connectivity index (χ1) is 3.13. The zero-order valence-electron chi connectivity index (χ0n) is 4.99. The fraction of sp³-hybridized carbons (Fsp3) is 0.500. The van der Waals surface area contributed by atoms with E-state index in [0.717, 1.165) is 5.57 Å². The third-order valence-electron chi connectivity index (χ3n) is 0.492. The average molecular weight is 106 g/mol. The Bertz CT molecular complexity index is 101. The minimum atomic E-state index is 0. The molecule has 0 aromatic carbocycles. The van der Waals surface area contributed by atoms with Gasteiger partial charge in [-0.1, -0.05) is 5.57 Å². The van der Waals surface area contributed by atoms with Crippen molar-refractivity contribution < 1.29 is 4.79 Å². The molecule has 0 aliphatic heterocycles. The molecule has 0 spiro atoms. The third-order valence-corrected chi connectivity index (χ3v) is 0.492. The average Bonchev–Trinajstić information content (AvgIpc) is 1.27. The quantitative estimate of drug-likeness (QED) is 0.358. The molecule has 0 aromatic heterocycles. The second-order valence-electron chi connectivity index (χ2n) is 1.83. The number of hydrogen-bond acceptors (Lipinski definition) is 1. The molecule has 0 saturated carbocycles. The van der Waals surface area contributed by atoms with E-state index >= 15 is 0 Å². The van der Waals surface area contributed by atoms with Crippen LogP contribution < -0.4 is 0 Å². The monoisotopic (exact) mass is 106 g/mol. The van der Waals surface area contributed by atoms with Gasteiger partial charge in [-0.25, -0.2) is 0 Å². The fourth-order valence-electron chi connectivity index (χ4n) is 0.407. The number of carbonyl (C=O) groups is 1. The van der Waals surface area contributed by atoms with Crippen LogP contribution in [-0.4, -0.2) is 24.6 Å². The zero-order chi connectivity index (χ0) is 5.86. The van der Waals surface area contributed by atoms with Crippen molar-refractivity contribution in [3.63, 3.8) is 0 Å². The first kappa shape index (κ1) is 10.9. The molecule has 0 rings (SSSR count). The number of carbonyl (C=O) groups excluding carboxylic acids is 1. The summed E-state index contributed by atoms with van der Waals surface area (Å²) in [5, 5.41) is 0. The molecule has 0 fully saturated rings. The van der Waals surface area contributed by atoms with Crippen LogP contribution in [0.4, 0.5) is 0 Å². The molecule has 42 valence electrons. The predicted molar refractivity (Wildman–Crippen MR) is 37.3 cm³/mol. The third kappa shape index (κ3) is 9.38. The van der Waals surface area contributed by atoms with E-state index < -0.39 is 0 Å². The molecule has 1 nitrogen and oxygen atoms in total. The second kappa shape index (κ2) is 5.15. The van der Waals surface area contributed by atoms with E-state index in [1.54, 1.807) is 13.0 Å². The number of hydrogen-bond donors (Lipinski definition) is 0. The van der Waals surface area contributed by atoms with Gasteiger partial charge in [-0.3, -0.25) is 4.79 Å². The Labute approximate surface area is 62.3 Å². The van der Waals surface area contributed by atoms with Crippen LogP contribution in [0, 0.1) is 0 Å². The molecule has 0 bridgehead atoms. The van der Waals surface area contributed by atoms with Gasteiger partial charge in [-0.2, -0.15) is 0 Å². The Morgan fingerprint density at radius 3 is 1.62 bits per heavy atom. The molecule has 0 heterocycles. The Hall–Kier alpha value is 0.00740. The Morgan fingerprint density at radius 1 is 1.25 bits per heavy atom. The molecule has 0 N–H and O–H groups in total. The molecular weight excluding hydrogens is 95.0 g/mol. The first-order valence-corrected chi connectivity index (χ1v) is 2.28. The summed E-state index contributed by atoms with van der Waals surface area (Å²) in [6.07, 6.45) is 1.61. The van der Waals surface area contributed by atoms with E-state index in [1.807, 2.05) is 13.8 Å². The van der Waals surface area contributed by atoms with Gasteiger partial charge in [0.1, 0.15) is 0 Å². The standard InChI is InChI=1S/C6H10O.Li.H/c1-5(2)4-6(3)7;;/h4H,1-3H3;;. The van der Waals surface area contributed by atoms with Crippen molar-refractivity contribution in [2.75, 3.05) is 0 Å². The molecule has 0 amide bonds. The number of allylic oxidation sites excluding steroid dienone is 2. The normalized spacial score (nSPS) is 6.88. The van der Waals surface area contributed by atoms with Gasteiger partial charge in [0.2, 0.25) is 0 Å². The van der Waals surface area contributed by atoms with Gasteiger partial charge >= 0.3 is 18.9 Å². The van der Waals surface area contributed by atoms with Crippen molar-refractivity contribution >= 4 is 24.6 Å². The van der Waals surface area contributed by atoms with Gasteiger partial charge in [0.25, 0.3) is 0 Å². The minimum absolute atomic E-state index is 0. The van der Waals surface area contributed by atoms with E-state index in [-0.39, 0.29) is 24.6 Å². The van der Waals surface area contributed by atoms with Gasteiger partial charge in [0.05, 0.1) is 0 Å². The molecule has 0 unspecified atom stereocenters. The molecule has 0 aliphatic rings. The Balaban J connectivity index is 0. The van der Waals surface area contributed by atoms with Crippen LogP contribution in [0.2, 0.25) is 0 Å². The summed E-state index contributed by atoms with van der Waals surface area (Å²) in [6, 6.07) is 0. The van der Waals surface area contributed by atoms with Crippen molar-refractivity contribution in [3.05, 3.63) is 11.6 Å².